The van der Waals surface area contributed by atoms with Gasteiger partial charge in [0.1, 0.15) is 0 Å². The van der Waals surface area contributed by atoms with Crippen molar-refractivity contribution in [2.24, 2.45) is 0 Å². The normalized spacial score (nSPS) is 18.7. The molecule has 2 unspecified atom stereocenters. The minimum absolute atomic E-state index is 0.280. The summed E-state index contributed by atoms with van der Waals surface area (Å²) in [7, 11) is 0. The first-order valence-corrected chi connectivity index (χ1v) is 7.04. The van der Waals surface area contributed by atoms with Crippen molar-refractivity contribution in [2.45, 2.75) is 25.5 Å². The molecule has 0 aromatic heterocycles. The number of halogens is 2. The number of rotatable bonds is 3. The Hall–Kier alpha value is -1.94. The van der Waals surface area contributed by atoms with Crippen molar-refractivity contribution in [3.8, 4) is 0 Å². The van der Waals surface area contributed by atoms with Crippen LogP contribution in [0.4, 0.5) is 14.5 Å². The van der Waals surface area contributed by atoms with Gasteiger partial charge in [-0.25, -0.2) is 8.78 Å². The van der Waals surface area contributed by atoms with Crippen molar-refractivity contribution in [3.05, 3.63) is 65.2 Å². The van der Waals surface area contributed by atoms with E-state index in [0.717, 1.165) is 24.2 Å². The van der Waals surface area contributed by atoms with Crippen LogP contribution in [0, 0.1) is 11.6 Å². The molecule has 3 rings (SSSR count). The summed E-state index contributed by atoms with van der Waals surface area (Å²) in [5.41, 5.74) is 2.75. The molecule has 0 amide bonds. The number of hydrogen-bond acceptors (Lipinski definition) is 2. The number of aliphatic hydroxyl groups is 1. The van der Waals surface area contributed by atoms with Gasteiger partial charge in [-0.05, 0) is 42.7 Å². The maximum atomic E-state index is 13.3. The van der Waals surface area contributed by atoms with Crippen LogP contribution in [0.15, 0.2) is 42.5 Å². The van der Waals surface area contributed by atoms with Gasteiger partial charge in [0.2, 0.25) is 0 Å². The fourth-order valence-corrected chi connectivity index (χ4v) is 2.92. The van der Waals surface area contributed by atoms with Crippen molar-refractivity contribution in [3.63, 3.8) is 0 Å². The van der Waals surface area contributed by atoms with E-state index in [4.69, 9.17) is 0 Å². The smallest absolute Gasteiger partial charge is 0.159 e. The van der Waals surface area contributed by atoms with E-state index in [-0.39, 0.29) is 6.04 Å². The van der Waals surface area contributed by atoms with E-state index >= 15 is 0 Å². The molecule has 110 valence electrons. The van der Waals surface area contributed by atoms with Gasteiger partial charge in [-0.1, -0.05) is 24.3 Å². The summed E-state index contributed by atoms with van der Waals surface area (Å²) in [6, 6.07) is 11.9. The molecular weight excluding hydrogens is 272 g/mol. The zero-order valence-electron chi connectivity index (χ0n) is 11.8. The van der Waals surface area contributed by atoms with Crippen LogP contribution in [-0.2, 0) is 6.42 Å². The summed E-state index contributed by atoms with van der Waals surface area (Å²) in [6.07, 6.45) is 0.0782. The van der Waals surface area contributed by atoms with Crippen LogP contribution in [0.3, 0.4) is 0 Å². The van der Waals surface area contributed by atoms with Crippen molar-refractivity contribution >= 4 is 5.69 Å². The molecule has 0 saturated carbocycles. The van der Waals surface area contributed by atoms with Crippen LogP contribution >= 0.6 is 0 Å². The Bertz CT molecular complexity index is 659. The fourth-order valence-electron chi connectivity index (χ4n) is 2.92. The molecule has 0 fully saturated rings. The molecule has 0 aliphatic carbocycles. The number of hydrogen-bond donors (Lipinski definition) is 1. The number of aliphatic hydroxyl groups excluding tert-OH is 1. The summed E-state index contributed by atoms with van der Waals surface area (Å²) in [6.45, 7) is 2.46. The summed E-state index contributed by atoms with van der Waals surface area (Å²) >= 11 is 0. The highest BCUT2D eigenvalue weighted by atomic mass is 19.2. The third kappa shape index (κ3) is 2.63. The minimum Gasteiger partial charge on any atom is -0.387 e. The molecule has 1 aliphatic heterocycles. The highest BCUT2D eigenvalue weighted by molar-refractivity contribution is 5.59. The van der Waals surface area contributed by atoms with Crippen molar-refractivity contribution in [1.82, 2.24) is 0 Å². The Labute approximate surface area is 122 Å². The Morgan fingerprint density at radius 2 is 1.95 bits per heavy atom. The van der Waals surface area contributed by atoms with Crippen molar-refractivity contribution < 1.29 is 13.9 Å². The van der Waals surface area contributed by atoms with Gasteiger partial charge in [0.05, 0.1) is 6.10 Å². The topological polar surface area (TPSA) is 23.5 Å². The van der Waals surface area contributed by atoms with Crippen LogP contribution in [0.25, 0.3) is 0 Å². The van der Waals surface area contributed by atoms with E-state index in [2.05, 4.69) is 17.9 Å². The molecule has 0 bridgehead atoms. The van der Waals surface area contributed by atoms with Crippen LogP contribution in [0.2, 0.25) is 0 Å². The maximum absolute atomic E-state index is 13.3. The van der Waals surface area contributed by atoms with Crippen LogP contribution in [-0.4, -0.2) is 17.7 Å². The van der Waals surface area contributed by atoms with E-state index in [1.54, 1.807) is 0 Å². The summed E-state index contributed by atoms with van der Waals surface area (Å²) in [5.74, 6) is -1.83. The van der Waals surface area contributed by atoms with Crippen LogP contribution < -0.4 is 4.90 Å². The fraction of sp³-hybridized carbons (Fsp3) is 0.294. The number of anilines is 1. The molecule has 0 radical (unpaired) electrons. The van der Waals surface area contributed by atoms with Gasteiger partial charge in [0, 0.05) is 18.3 Å². The van der Waals surface area contributed by atoms with E-state index in [1.165, 1.54) is 11.6 Å². The van der Waals surface area contributed by atoms with Gasteiger partial charge < -0.3 is 10.0 Å². The summed E-state index contributed by atoms with van der Waals surface area (Å²) < 4.78 is 26.2. The number of fused-ring (bicyclic) bond motifs is 1. The maximum Gasteiger partial charge on any atom is 0.159 e. The third-order valence-corrected chi connectivity index (χ3v) is 4.05. The SMILES string of the molecule is CC1Cc2ccccc2N1CC(O)c1ccc(F)c(F)c1. The highest BCUT2D eigenvalue weighted by Gasteiger charge is 2.27. The molecule has 2 atom stereocenters. The van der Waals surface area contributed by atoms with Crippen molar-refractivity contribution in [1.29, 1.82) is 0 Å². The number of β-amino-alcohol motifs (C(OH)–C–C–N with tert-alkyl or cyclic N) is 1. The summed E-state index contributed by atoms with van der Waals surface area (Å²) in [5, 5.41) is 10.3. The second-order valence-corrected chi connectivity index (χ2v) is 5.52. The quantitative estimate of drug-likeness (QED) is 0.935. The lowest BCUT2D eigenvalue weighted by Crippen LogP contribution is -2.33. The van der Waals surface area contributed by atoms with Gasteiger partial charge >= 0.3 is 0 Å². The third-order valence-electron chi connectivity index (χ3n) is 4.05. The van der Waals surface area contributed by atoms with Gasteiger partial charge in [-0.2, -0.15) is 0 Å². The Kier molecular flexibility index (Phi) is 3.64. The molecule has 21 heavy (non-hydrogen) atoms. The van der Waals surface area contributed by atoms with E-state index in [9.17, 15) is 13.9 Å². The highest BCUT2D eigenvalue weighted by Crippen LogP contribution is 2.33. The first-order valence-electron chi connectivity index (χ1n) is 7.04. The lowest BCUT2D eigenvalue weighted by molar-refractivity contribution is 0.181. The molecule has 4 heteroatoms. The Morgan fingerprint density at radius 3 is 2.71 bits per heavy atom. The number of para-hydroxylation sites is 1. The molecule has 2 aromatic rings. The van der Waals surface area contributed by atoms with Gasteiger partial charge in [0.15, 0.2) is 11.6 Å². The molecule has 2 aromatic carbocycles. The first-order chi connectivity index (χ1) is 10.1. The number of benzene rings is 2. The summed E-state index contributed by atoms with van der Waals surface area (Å²) in [4.78, 5) is 2.11. The zero-order chi connectivity index (χ0) is 15.0. The average molecular weight is 289 g/mol. The number of nitrogens with zero attached hydrogens (tertiary/aromatic N) is 1. The van der Waals surface area contributed by atoms with E-state index in [1.807, 2.05) is 18.2 Å². The molecule has 0 saturated heterocycles. The second kappa shape index (κ2) is 5.45. The largest absolute Gasteiger partial charge is 0.387 e. The molecule has 2 nitrogen and oxygen atoms in total. The van der Waals surface area contributed by atoms with Crippen molar-refractivity contribution in [2.75, 3.05) is 11.4 Å². The van der Waals surface area contributed by atoms with Gasteiger partial charge in [-0.15, -0.1) is 0 Å². The first kappa shape index (κ1) is 14.0. The van der Waals surface area contributed by atoms with Crippen LogP contribution in [0.1, 0.15) is 24.2 Å². The minimum atomic E-state index is -0.929. The predicted molar refractivity (Wildman–Crippen MR) is 78.3 cm³/mol. The predicted octanol–water partition coefficient (Wildman–Crippen LogP) is 3.45. The van der Waals surface area contributed by atoms with Crippen LogP contribution in [0.5, 0.6) is 0 Å². The standard InChI is InChI=1S/C17H17F2NO/c1-11-8-12-4-2-3-5-16(12)20(11)10-17(21)13-6-7-14(18)15(19)9-13/h2-7,9,11,17,21H,8,10H2,1H3. The second-order valence-electron chi connectivity index (χ2n) is 5.52. The van der Waals surface area contributed by atoms with E-state index in [0.29, 0.717) is 12.1 Å². The average Bonchev–Trinajstić information content (AvgIpc) is 2.78. The monoisotopic (exact) mass is 289 g/mol. The molecule has 1 N–H and O–H groups in total. The Morgan fingerprint density at radius 1 is 1.19 bits per heavy atom. The lowest BCUT2D eigenvalue weighted by atomic mass is 10.1. The Balaban J connectivity index is 1.81. The zero-order valence-corrected chi connectivity index (χ0v) is 11.8. The van der Waals surface area contributed by atoms with Gasteiger partial charge in [0.25, 0.3) is 0 Å². The molecule has 1 aliphatic rings. The lowest BCUT2D eigenvalue weighted by Gasteiger charge is -2.27. The molecule has 0 spiro atoms. The molecule has 1 heterocycles. The molecular formula is C17H17F2NO. The van der Waals surface area contributed by atoms with E-state index < -0.39 is 17.7 Å². The van der Waals surface area contributed by atoms with Gasteiger partial charge in [-0.3, -0.25) is 0 Å².